The second-order valence-electron chi connectivity index (χ2n) is 5.77. The van der Waals surface area contributed by atoms with E-state index in [1.165, 1.54) is 5.56 Å². The van der Waals surface area contributed by atoms with E-state index in [2.05, 4.69) is 70.4 Å². The van der Waals surface area contributed by atoms with Gasteiger partial charge in [0.25, 0.3) is 0 Å². The molecular weight excluding hydrogens is 296 g/mol. The second-order valence-corrected chi connectivity index (χ2v) is 5.77. The molecule has 0 spiro atoms. The lowest BCUT2D eigenvalue weighted by Gasteiger charge is -2.30. The number of fused-ring (bicyclic) bond motifs is 1. The lowest BCUT2D eigenvalue weighted by molar-refractivity contribution is 0.228. The van der Waals surface area contributed by atoms with E-state index >= 15 is 0 Å². The van der Waals surface area contributed by atoms with Crippen LogP contribution in [0.15, 0.2) is 60.9 Å². The molecule has 0 aliphatic carbocycles. The van der Waals surface area contributed by atoms with E-state index in [-0.39, 0.29) is 0 Å². The van der Waals surface area contributed by atoms with Crippen LogP contribution < -0.4 is 5.32 Å². The van der Waals surface area contributed by atoms with E-state index in [1.807, 2.05) is 18.2 Å². The molecule has 24 heavy (non-hydrogen) atoms. The number of para-hydroxylation sites is 1. The average Bonchev–Trinajstić information content (AvgIpc) is 2.66. The molecule has 0 saturated heterocycles. The predicted molar refractivity (Wildman–Crippen MR) is 100 cm³/mol. The van der Waals surface area contributed by atoms with E-state index in [4.69, 9.17) is 0 Å². The molecule has 0 radical (unpaired) electrons. The molecule has 0 saturated carbocycles. The van der Waals surface area contributed by atoms with Gasteiger partial charge in [0.15, 0.2) is 0 Å². The lowest BCUT2D eigenvalue weighted by atomic mass is 10.0. The first-order valence-corrected chi connectivity index (χ1v) is 8.56. The molecule has 4 heteroatoms. The summed E-state index contributed by atoms with van der Waals surface area (Å²) in [7, 11) is 0. The first-order chi connectivity index (χ1) is 11.8. The summed E-state index contributed by atoms with van der Waals surface area (Å²) in [5.74, 6) is 0.897. The Kier molecular flexibility index (Phi) is 5.39. The van der Waals surface area contributed by atoms with Crippen molar-refractivity contribution in [1.29, 1.82) is 0 Å². The second kappa shape index (κ2) is 7.88. The number of nitrogens with zero attached hydrogens (tertiary/aromatic N) is 3. The molecule has 1 heterocycles. The van der Waals surface area contributed by atoms with Gasteiger partial charge in [0.2, 0.25) is 0 Å². The molecule has 1 N–H and O–H groups in total. The monoisotopic (exact) mass is 320 g/mol. The largest absolute Gasteiger partial charge is 0.368 e. The number of benzene rings is 2. The highest BCUT2D eigenvalue weighted by atomic mass is 15.2. The van der Waals surface area contributed by atoms with Crippen LogP contribution in [0.3, 0.4) is 0 Å². The van der Waals surface area contributed by atoms with Crippen LogP contribution in [0.5, 0.6) is 0 Å². The molecule has 1 unspecified atom stereocenters. The van der Waals surface area contributed by atoms with Gasteiger partial charge in [-0.3, -0.25) is 4.90 Å². The zero-order valence-corrected chi connectivity index (χ0v) is 14.3. The molecule has 1 aromatic heterocycles. The topological polar surface area (TPSA) is 41.0 Å². The highest BCUT2D eigenvalue weighted by Crippen LogP contribution is 2.23. The fourth-order valence-electron chi connectivity index (χ4n) is 3.14. The summed E-state index contributed by atoms with van der Waals surface area (Å²) in [6.45, 7) is 7.26. The molecule has 4 nitrogen and oxygen atoms in total. The smallest absolute Gasteiger partial charge is 0.137 e. The van der Waals surface area contributed by atoms with Gasteiger partial charge in [-0.15, -0.1) is 0 Å². The summed E-state index contributed by atoms with van der Waals surface area (Å²) in [5.41, 5.74) is 2.29. The molecule has 0 aliphatic heterocycles. The molecule has 0 bridgehead atoms. The van der Waals surface area contributed by atoms with E-state index < -0.39 is 0 Å². The number of anilines is 1. The number of likely N-dealkylation sites (N-methyl/N-ethyl adjacent to an activating group) is 1. The highest BCUT2D eigenvalue weighted by molar-refractivity contribution is 5.88. The standard InChI is InChI=1S/C20H24N4/c1-3-24(4-2)19(16-10-6-5-7-11-16)14-21-20-17-12-8-9-13-18(17)22-15-23-20/h5-13,15,19H,3-4,14H2,1-2H3,(H,21,22,23). The third-order valence-corrected chi connectivity index (χ3v) is 4.44. The first kappa shape index (κ1) is 16.4. The van der Waals surface area contributed by atoms with Crippen LogP contribution in [0.4, 0.5) is 5.82 Å². The zero-order valence-electron chi connectivity index (χ0n) is 14.3. The minimum atomic E-state index is 0.315. The average molecular weight is 320 g/mol. The Bertz CT molecular complexity index is 763. The van der Waals surface area contributed by atoms with Gasteiger partial charge in [-0.05, 0) is 30.8 Å². The Labute approximate surface area is 143 Å². The van der Waals surface area contributed by atoms with E-state index in [9.17, 15) is 0 Å². The predicted octanol–water partition coefficient (Wildman–Crippen LogP) is 4.12. The Morgan fingerprint density at radius 2 is 1.62 bits per heavy atom. The summed E-state index contributed by atoms with van der Waals surface area (Å²) < 4.78 is 0. The molecule has 0 amide bonds. The number of aromatic nitrogens is 2. The van der Waals surface area contributed by atoms with Gasteiger partial charge >= 0.3 is 0 Å². The van der Waals surface area contributed by atoms with Crippen LogP contribution >= 0.6 is 0 Å². The summed E-state index contributed by atoms with van der Waals surface area (Å²) >= 11 is 0. The SMILES string of the molecule is CCN(CC)C(CNc1ncnc2ccccc12)c1ccccc1. The van der Waals surface area contributed by atoms with Crippen molar-refractivity contribution in [1.82, 2.24) is 14.9 Å². The number of hydrogen-bond acceptors (Lipinski definition) is 4. The van der Waals surface area contributed by atoms with Crippen LogP contribution in [0.25, 0.3) is 10.9 Å². The molecule has 0 aliphatic rings. The molecule has 3 rings (SSSR count). The fourth-order valence-corrected chi connectivity index (χ4v) is 3.14. The lowest BCUT2D eigenvalue weighted by Crippen LogP contribution is -2.33. The van der Waals surface area contributed by atoms with Gasteiger partial charge in [-0.25, -0.2) is 9.97 Å². The number of nitrogens with one attached hydrogen (secondary N) is 1. The maximum Gasteiger partial charge on any atom is 0.137 e. The maximum absolute atomic E-state index is 4.44. The van der Waals surface area contributed by atoms with Crippen molar-refractivity contribution in [2.24, 2.45) is 0 Å². The van der Waals surface area contributed by atoms with Gasteiger partial charge in [0, 0.05) is 11.9 Å². The summed E-state index contributed by atoms with van der Waals surface area (Å²) in [4.78, 5) is 11.2. The van der Waals surface area contributed by atoms with Crippen molar-refractivity contribution in [3.05, 3.63) is 66.5 Å². The van der Waals surface area contributed by atoms with Crippen LogP contribution in [0, 0.1) is 0 Å². The molecule has 2 aromatic carbocycles. The number of hydrogen-bond donors (Lipinski definition) is 1. The fraction of sp³-hybridized carbons (Fsp3) is 0.300. The minimum absolute atomic E-state index is 0.315. The van der Waals surface area contributed by atoms with Gasteiger partial charge in [0.1, 0.15) is 12.1 Å². The quantitative estimate of drug-likeness (QED) is 0.711. The first-order valence-electron chi connectivity index (χ1n) is 8.56. The molecule has 1 atom stereocenters. The van der Waals surface area contributed by atoms with Gasteiger partial charge in [-0.1, -0.05) is 56.3 Å². The molecule has 3 aromatic rings. The van der Waals surface area contributed by atoms with Gasteiger partial charge in [0.05, 0.1) is 11.6 Å². The Hall–Kier alpha value is -2.46. The van der Waals surface area contributed by atoms with Crippen LogP contribution in [-0.4, -0.2) is 34.5 Å². The Morgan fingerprint density at radius 3 is 2.38 bits per heavy atom. The van der Waals surface area contributed by atoms with E-state index in [0.29, 0.717) is 6.04 Å². The highest BCUT2D eigenvalue weighted by Gasteiger charge is 2.18. The van der Waals surface area contributed by atoms with E-state index in [1.54, 1.807) is 6.33 Å². The van der Waals surface area contributed by atoms with Crippen molar-refractivity contribution in [2.75, 3.05) is 25.0 Å². The Balaban J connectivity index is 1.85. The third kappa shape index (κ3) is 3.54. The number of rotatable bonds is 7. The van der Waals surface area contributed by atoms with Crippen molar-refractivity contribution in [3.8, 4) is 0 Å². The Morgan fingerprint density at radius 1 is 0.917 bits per heavy atom. The van der Waals surface area contributed by atoms with Crippen molar-refractivity contribution < 1.29 is 0 Å². The van der Waals surface area contributed by atoms with Crippen molar-refractivity contribution in [3.63, 3.8) is 0 Å². The summed E-state index contributed by atoms with van der Waals surface area (Å²) in [6.07, 6.45) is 1.62. The third-order valence-electron chi connectivity index (χ3n) is 4.44. The molecule has 124 valence electrons. The molecular formula is C20H24N4. The normalized spacial score (nSPS) is 12.5. The van der Waals surface area contributed by atoms with Crippen molar-refractivity contribution in [2.45, 2.75) is 19.9 Å². The van der Waals surface area contributed by atoms with E-state index in [0.717, 1.165) is 36.4 Å². The van der Waals surface area contributed by atoms with Crippen LogP contribution in [-0.2, 0) is 0 Å². The zero-order chi connectivity index (χ0) is 16.8. The van der Waals surface area contributed by atoms with Gasteiger partial charge < -0.3 is 5.32 Å². The molecule has 0 fully saturated rings. The van der Waals surface area contributed by atoms with Crippen LogP contribution in [0.2, 0.25) is 0 Å². The summed E-state index contributed by atoms with van der Waals surface area (Å²) in [6, 6.07) is 19.1. The van der Waals surface area contributed by atoms with Crippen LogP contribution in [0.1, 0.15) is 25.5 Å². The van der Waals surface area contributed by atoms with Crippen molar-refractivity contribution >= 4 is 16.7 Å². The summed E-state index contributed by atoms with van der Waals surface area (Å²) in [5, 5.41) is 4.60. The maximum atomic E-state index is 4.44. The minimum Gasteiger partial charge on any atom is -0.368 e. The van der Waals surface area contributed by atoms with Gasteiger partial charge in [-0.2, -0.15) is 0 Å².